The van der Waals surface area contributed by atoms with E-state index < -0.39 is 0 Å². The number of aromatic nitrogens is 4. The third-order valence-corrected chi connectivity index (χ3v) is 6.43. The summed E-state index contributed by atoms with van der Waals surface area (Å²) in [5.74, 6) is 0.999. The normalized spacial score (nSPS) is 19.8. The summed E-state index contributed by atoms with van der Waals surface area (Å²) in [6.07, 6.45) is 8.13. The van der Waals surface area contributed by atoms with Crippen LogP contribution in [0.25, 0.3) is 10.2 Å². The van der Waals surface area contributed by atoms with E-state index in [9.17, 15) is 4.79 Å². The van der Waals surface area contributed by atoms with E-state index >= 15 is 0 Å². The van der Waals surface area contributed by atoms with Crippen LogP contribution in [0.2, 0.25) is 0 Å². The van der Waals surface area contributed by atoms with Gasteiger partial charge in [0, 0.05) is 12.6 Å². The Labute approximate surface area is 155 Å². The van der Waals surface area contributed by atoms with Crippen molar-refractivity contribution in [2.24, 2.45) is 0 Å². The van der Waals surface area contributed by atoms with Crippen molar-refractivity contribution in [1.29, 1.82) is 0 Å². The summed E-state index contributed by atoms with van der Waals surface area (Å²) in [5.41, 5.74) is 3.29. The van der Waals surface area contributed by atoms with E-state index in [0.29, 0.717) is 6.54 Å². The lowest BCUT2D eigenvalue weighted by Crippen LogP contribution is -2.38. The highest BCUT2D eigenvalue weighted by atomic mass is 32.1. The van der Waals surface area contributed by atoms with Crippen molar-refractivity contribution in [1.82, 2.24) is 19.7 Å². The molecule has 0 radical (unpaired) electrons. The number of thiophene rings is 1. The van der Waals surface area contributed by atoms with Crippen LogP contribution in [-0.4, -0.2) is 32.3 Å². The van der Waals surface area contributed by atoms with Gasteiger partial charge < -0.3 is 4.90 Å². The van der Waals surface area contributed by atoms with E-state index in [1.54, 1.807) is 22.3 Å². The molecular formula is C19H21N5OS. The molecule has 1 saturated heterocycles. The summed E-state index contributed by atoms with van der Waals surface area (Å²) >= 11 is 1.68. The van der Waals surface area contributed by atoms with Crippen molar-refractivity contribution in [2.45, 2.75) is 51.1 Å². The molecule has 3 aromatic heterocycles. The van der Waals surface area contributed by atoms with Gasteiger partial charge in [-0.2, -0.15) is 5.10 Å². The minimum absolute atomic E-state index is 0.0291. The van der Waals surface area contributed by atoms with Crippen LogP contribution in [0.5, 0.6) is 0 Å². The molecule has 0 saturated carbocycles. The molecule has 0 spiro atoms. The maximum atomic E-state index is 12.6. The molecule has 0 bridgehead atoms. The van der Waals surface area contributed by atoms with E-state index in [4.69, 9.17) is 5.10 Å². The molecule has 1 atom stereocenters. The Kier molecular flexibility index (Phi) is 3.96. The lowest BCUT2D eigenvalue weighted by Gasteiger charge is -2.26. The summed E-state index contributed by atoms with van der Waals surface area (Å²) < 4.78 is 2.81. The Bertz CT molecular complexity index is 1010. The fourth-order valence-electron chi connectivity index (χ4n) is 4.22. The number of hydrogen-bond acceptors (Lipinski definition) is 6. The third-order valence-electron chi connectivity index (χ3n) is 5.53. The van der Waals surface area contributed by atoms with Crippen LogP contribution in [0, 0.1) is 0 Å². The predicted molar refractivity (Wildman–Crippen MR) is 103 cm³/mol. The van der Waals surface area contributed by atoms with Crippen molar-refractivity contribution in [3.8, 4) is 0 Å². The molecule has 0 amide bonds. The Morgan fingerprint density at radius 3 is 3.08 bits per heavy atom. The van der Waals surface area contributed by atoms with Gasteiger partial charge in [-0.15, -0.1) is 11.3 Å². The molecule has 134 valence electrons. The first-order valence-electron chi connectivity index (χ1n) is 9.34. The number of anilines is 1. The summed E-state index contributed by atoms with van der Waals surface area (Å²) in [6, 6.07) is 4.09. The summed E-state index contributed by atoms with van der Waals surface area (Å²) in [5, 5.41) is 6.76. The van der Waals surface area contributed by atoms with Crippen LogP contribution in [0.1, 0.15) is 36.9 Å². The number of rotatable bonds is 3. The van der Waals surface area contributed by atoms with Crippen molar-refractivity contribution in [3.63, 3.8) is 0 Å². The first-order valence-corrected chi connectivity index (χ1v) is 10.2. The maximum absolute atomic E-state index is 12.6. The van der Waals surface area contributed by atoms with Gasteiger partial charge in [0.2, 0.25) is 0 Å². The van der Waals surface area contributed by atoms with Crippen LogP contribution in [0.3, 0.4) is 0 Å². The molecule has 2 aliphatic rings. The molecule has 0 N–H and O–H groups in total. The lowest BCUT2D eigenvalue weighted by atomic mass is 9.97. The Morgan fingerprint density at radius 1 is 1.19 bits per heavy atom. The van der Waals surface area contributed by atoms with Crippen molar-refractivity contribution in [3.05, 3.63) is 45.5 Å². The fraction of sp³-hybridized carbons (Fsp3) is 0.474. The Balaban J connectivity index is 1.47. The van der Waals surface area contributed by atoms with Gasteiger partial charge in [-0.3, -0.25) is 4.79 Å². The van der Waals surface area contributed by atoms with Crippen molar-refractivity contribution < 1.29 is 0 Å². The van der Waals surface area contributed by atoms with E-state index in [2.05, 4.69) is 20.2 Å². The van der Waals surface area contributed by atoms with Gasteiger partial charge in [-0.25, -0.2) is 14.6 Å². The second-order valence-electron chi connectivity index (χ2n) is 7.17. The molecule has 7 heteroatoms. The summed E-state index contributed by atoms with van der Waals surface area (Å²) in [6.45, 7) is 1.59. The number of fused-ring (bicyclic) bond motifs is 2. The van der Waals surface area contributed by atoms with Crippen molar-refractivity contribution in [2.75, 3.05) is 11.4 Å². The highest BCUT2D eigenvalue weighted by Gasteiger charge is 2.28. The first-order chi connectivity index (χ1) is 12.8. The molecule has 0 aromatic carbocycles. The highest BCUT2D eigenvalue weighted by Crippen LogP contribution is 2.32. The summed E-state index contributed by atoms with van der Waals surface area (Å²) in [7, 11) is 0. The van der Waals surface area contributed by atoms with Gasteiger partial charge >= 0.3 is 0 Å². The Hall–Kier alpha value is -2.28. The van der Waals surface area contributed by atoms with Crippen LogP contribution in [0.4, 0.5) is 5.82 Å². The molecule has 1 fully saturated rings. The zero-order valence-electron chi connectivity index (χ0n) is 14.6. The standard InChI is InChI=1S/C19H21N5OS/c25-17-10-13-4-1-2-6-15(13)22-24(17)11-14-5-3-8-23(14)19-18-16(7-9-26-18)20-12-21-19/h7,9-10,12,14H,1-6,8,11H2. The lowest BCUT2D eigenvalue weighted by molar-refractivity contribution is 0.472. The van der Waals surface area contributed by atoms with Crippen molar-refractivity contribution >= 4 is 27.4 Å². The second-order valence-corrected chi connectivity index (χ2v) is 8.08. The number of hydrogen-bond donors (Lipinski definition) is 0. The van der Waals surface area contributed by atoms with E-state index in [-0.39, 0.29) is 11.6 Å². The molecule has 1 aliphatic carbocycles. The third kappa shape index (κ3) is 2.70. The average molecular weight is 367 g/mol. The molecular weight excluding hydrogens is 346 g/mol. The minimum atomic E-state index is 0.0291. The Morgan fingerprint density at radius 2 is 2.12 bits per heavy atom. The fourth-order valence-corrected chi connectivity index (χ4v) is 5.07. The topological polar surface area (TPSA) is 63.9 Å². The predicted octanol–water partition coefficient (Wildman–Crippen LogP) is 2.80. The number of nitrogens with zero attached hydrogens (tertiary/aromatic N) is 5. The average Bonchev–Trinajstić information content (AvgIpc) is 3.31. The van der Waals surface area contributed by atoms with Gasteiger partial charge in [-0.05, 0) is 55.5 Å². The zero-order chi connectivity index (χ0) is 17.5. The second kappa shape index (κ2) is 6.46. The van der Waals surface area contributed by atoms with Crippen LogP contribution in [-0.2, 0) is 19.4 Å². The first kappa shape index (κ1) is 15.9. The minimum Gasteiger partial charge on any atom is -0.350 e. The largest absolute Gasteiger partial charge is 0.350 e. The van der Waals surface area contributed by atoms with E-state index in [1.165, 1.54) is 12.8 Å². The molecule has 4 heterocycles. The van der Waals surface area contributed by atoms with Crippen LogP contribution in [0.15, 0.2) is 28.6 Å². The van der Waals surface area contributed by atoms with Gasteiger partial charge in [0.1, 0.15) is 12.1 Å². The van der Waals surface area contributed by atoms with E-state index in [1.807, 2.05) is 12.1 Å². The SMILES string of the molecule is O=c1cc2c(nn1CC1CCCN1c1ncnc3ccsc13)CCCC2. The van der Waals surface area contributed by atoms with Gasteiger partial charge in [0.15, 0.2) is 0 Å². The monoisotopic (exact) mass is 367 g/mol. The molecule has 26 heavy (non-hydrogen) atoms. The van der Waals surface area contributed by atoms with Crippen LogP contribution < -0.4 is 10.5 Å². The zero-order valence-corrected chi connectivity index (χ0v) is 15.4. The highest BCUT2D eigenvalue weighted by molar-refractivity contribution is 7.17. The molecule has 5 rings (SSSR count). The quantitative estimate of drug-likeness (QED) is 0.712. The van der Waals surface area contributed by atoms with Gasteiger partial charge in [-0.1, -0.05) is 0 Å². The molecule has 3 aromatic rings. The van der Waals surface area contributed by atoms with Gasteiger partial charge in [0.25, 0.3) is 5.56 Å². The van der Waals surface area contributed by atoms with E-state index in [0.717, 1.165) is 59.5 Å². The molecule has 1 unspecified atom stereocenters. The maximum Gasteiger partial charge on any atom is 0.267 e. The smallest absolute Gasteiger partial charge is 0.267 e. The van der Waals surface area contributed by atoms with Crippen LogP contribution >= 0.6 is 11.3 Å². The molecule has 1 aliphatic heterocycles. The summed E-state index contributed by atoms with van der Waals surface area (Å²) in [4.78, 5) is 23.8. The number of aryl methyl sites for hydroxylation is 2. The van der Waals surface area contributed by atoms with Gasteiger partial charge in [0.05, 0.1) is 28.5 Å². The molecule has 6 nitrogen and oxygen atoms in total.